The molecule has 0 rings (SSSR count). The Hall–Kier alpha value is -3.46. The van der Waals surface area contributed by atoms with E-state index in [0.29, 0.717) is 78.5 Å². The van der Waals surface area contributed by atoms with Gasteiger partial charge in [0.25, 0.3) is 0 Å². The van der Waals surface area contributed by atoms with Gasteiger partial charge in [-0.1, -0.05) is 0 Å². The molecule has 0 aliphatic heterocycles. The zero-order valence-corrected chi connectivity index (χ0v) is 32.4. The van der Waals surface area contributed by atoms with E-state index in [-0.39, 0.29) is 77.8 Å². The molecule has 320 valence electrons. The minimum atomic E-state index is -0.934. The quantitative estimate of drug-likeness (QED) is 0.0477. The van der Waals surface area contributed by atoms with Gasteiger partial charge in [0.05, 0.1) is 38.5 Å². The summed E-state index contributed by atoms with van der Waals surface area (Å²) in [6, 6.07) is 0. The molecule has 0 atom stereocenters. The van der Waals surface area contributed by atoms with Crippen LogP contribution in [0.15, 0.2) is 0 Å². The summed E-state index contributed by atoms with van der Waals surface area (Å²) in [4.78, 5) is 73.4. The first kappa shape index (κ1) is 51.5. The summed E-state index contributed by atoms with van der Waals surface area (Å²) in [6.45, 7) is 8.57. The Morgan fingerprint density at radius 3 is 0.564 bits per heavy atom. The lowest BCUT2D eigenvalue weighted by Crippen LogP contribution is -2.31. The van der Waals surface area contributed by atoms with Crippen LogP contribution in [0, 0.1) is 0 Å². The van der Waals surface area contributed by atoms with Crippen molar-refractivity contribution in [2.75, 3.05) is 118 Å². The highest BCUT2D eigenvalue weighted by Gasteiger charge is 2.13. The lowest BCUT2D eigenvalue weighted by molar-refractivity contribution is -0.139. The molecule has 0 saturated carbocycles. The van der Waals surface area contributed by atoms with E-state index in [1.54, 1.807) is 0 Å². The van der Waals surface area contributed by atoms with Crippen molar-refractivity contribution in [3.8, 4) is 0 Å². The second-order valence-corrected chi connectivity index (χ2v) is 13.2. The summed E-state index contributed by atoms with van der Waals surface area (Å²) in [5.74, 6) is -5.60. The maximum Gasteiger partial charge on any atom is 0.304 e. The van der Waals surface area contributed by atoms with Crippen LogP contribution in [0.4, 0.5) is 0 Å². The van der Waals surface area contributed by atoms with Gasteiger partial charge in [-0.15, -0.1) is 0 Å². The van der Waals surface area contributed by atoms with Crippen molar-refractivity contribution in [2.45, 2.75) is 77.0 Å². The molecule has 0 aliphatic carbocycles. The molecule has 55 heavy (non-hydrogen) atoms. The second-order valence-electron chi connectivity index (χ2n) is 13.2. The van der Waals surface area contributed by atoms with Gasteiger partial charge in [0.1, 0.15) is 0 Å². The van der Waals surface area contributed by atoms with Gasteiger partial charge in [-0.2, -0.15) is 0 Å². The first-order chi connectivity index (χ1) is 26.3. The monoisotopic (exact) mass is 794 g/mol. The molecule has 0 aromatic heterocycles. The number of carboxylic acid groups (broad SMARTS) is 6. The average Bonchev–Trinajstić information content (AvgIpc) is 3.11. The third-order valence-corrected chi connectivity index (χ3v) is 8.43. The molecule has 0 saturated heterocycles. The van der Waals surface area contributed by atoms with Crippen LogP contribution >= 0.6 is 0 Å². The van der Waals surface area contributed by atoms with E-state index in [0.717, 1.165) is 38.9 Å². The molecule has 0 fully saturated rings. The summed E-state index contributed by atoms with van der Waals surface area (Å²) in [6.07, 6.45) is 3.89. The number of nitrogens with zero attached hydrogens (tertiary/aromatic N) is 4. The fourth-order valence-corrected chi connectivity index (χ4v) is 5.51. The van der Waals surface area contributed by atoms with Crippen molar-refractivity contribution in [2.24, 2.45) is 0 Å². The first-order valence-corrected chi connectivity index (χ1v) is 19.2. The van der Waals surface area contributed by atoms with E-state index < -0.39 is 35.8 Å². The van der Waals surface area contributed by atoms with Crippen molar-refractivity contribution in [3.63, 3.8) is 0 Å². The first-order valence-electron chi connectivity index (χ1n) is 19.2. The Morgan fingerprint density at radius 1 is 0.273 bits per heavy atom. The molecule has 0 aromatic rings. The predicted octanol–water partition coefficient (Wildman–Crippen LogP) is 1.43. The standard InChI is InChI=1S/C36H66N4O15/c41-31(42)7-19-38(20-8-32(43)44)16-4-28-53-25-1-13-37(14-2-26-54-29-5-17-39(21-9-33(45)46)22-10-34(47)48)15-3-27-55-30-6-18-40(23-11-35(49)50)24-12-36(51)52/h1-30H2,(H,41,42)(H,43,44)(H,45,46)(H,47,48)(H,49,50)(H,51,52). The average molecular weight is 795 g/mol. The van der Waals surface area contributed by atoms with Gasteiger partial charge in [0.2, 0.25) is 0 Å². The van der Waals surface area contributed by atoms with E-state index in [4.69, 9.17) is 44.8 Å². The summed E-state index contributed by atoms with van der Waals surface area (Å²) in [5.41, 5.74) is 0. The van der Waals surface area contributed by atoms with Crippen molar-refractivity contribution < 1.29 is 73.6 Å². The number of carboxylic acids is 6. The third-order valence-electron chi connectivity index (χ3n) is 8.43. The highest BCUT2D eigenvalue weighted by atomic mass is 16.5. The molecule has 6 N–H and O–H groups in total. The Bertz CT molecular complexity index is 886. The van der Waals surface area contributed by atoms with Gasteiger partial charge in [-0.25, -0.2) is 0 Å². The fourth-order valence-electron chi connectivity index (χ4n) is 5.51. The van der Waals surface area contributed by atoms with Gasteiger partial charge in [0.15, 0.2) is 0 Å². The molecule has 0 aliphatic rings. The lowest BCUT2D eigenvalue weighted by atomic mass is 10.3. The van der Waals surface area contributed by atoms with E-state index in [1.165, 1.54) is 0 Å². The van der Waals surface area contributed by atoms with Crippen molar-refractivity contribution >= 4 is 35.8 Å². The molecule has 0 spiro atoms. The maximum atomic E-state index is 10.9. The van der Waals surface area contributed by atoms with Gasteiger partial charge in [0, 0.05) is 118 Å². The summed E-state index contributed by atoms with van der Waals surface area (Å²) in [7, 11) is 0. The van der Waals surface area contributed by atoms with Crippen LogP contribution in [0.3, 0.4) is 0 Å². The van der Waals surface area contributed by atoms with Crippen LogP contribution in [0.25, 0.3) is 0 Å². The zero-order valence-electron chi connectivity index (χ0n) is 32.4. The maximum absolute atomic E-state index is 10.9. The highest BCUT2D eigenvalue weighted by Crippen LogP contribution is 2.04. The van der Waals surface area contributed by atoms with Crippen LogP contribution in [0.5, 0.6) is 0 Å². The molecule has 0 unspecified atom stereocenters. The smallest absolute Gasteiger partial charge is 0.304 e. The molecule has 0 amide bonds. The number of carbonyl (C=O) groups is 6. The highest BCUT2D eigenvalue weighted by molar-refractivity contribution is 5.68. The van der Waals surface area contributed by atoms with E-state index in [1.807, 2.05) is 14.7 Å². The van der Waals surface area contributed by atoms with E-state index >= 15 is 0 Å². The van der Waals surface area contributed by atoms with Crippen LogP contribution in [-0.2, 0) is 43.0 Å². The molecule has 19 nitrogen and oxygen atoms in total. The zero-order chi connectivity index (χ0) is 41.1. The molecule has 0 aromatic carbocycles. The second kappa shape index (κ2) is 35.0. The Balaban J connectivity index is 4.71. The Labute approximate surface area is 324 Å². The predicted molar refractivity (Wildman–Crippen MR) is 199 cm³/mol. The number of hydrogen-bond donors (Lipinski definition) is 6. The Morgan fingerprint density at radius 2 is 0.418 bits per heavy atom. The van der Waals surface area contributed by atoms with E-state index in [2.05, 4.69) is 4.90 Å². The number of rotatable bonds is 42. The van der Waals surface area contributed by atoms with E-state index in [9.17, 15) is 28.8 Å². The number of hydrogen-bond acceptors (Lipinski definition) is 13. The summed E-state index contributed by atoms with van der Waals surface area (Å²) >= 11 is 0. The summed E-state index contributed by atoms with van der Waals surface area (Å²) < 4.78 is 17.4. The molecular formula is C36H66N4O15. The summed E-state index contributed by atoms with van der Waals surface area (Å²) in [5, 5.41) is 53.8. The van der Waals surface area contributed by atoms with Gasteiger partial charge >= 0.3 is 35.8 Å². The van der Waals surface area contributed by atoms with Crippen molar-refractivity contribution in [3.05, 3.63) is 0 Å². The fraction of sp³-hybridized carbons (Fsp3) is 0.833. The van der Waals surface area contributed by atoms with Crippen LogP contribution < -0.4 is 0 Å². The SMILES string of the molecule is O=C(O)CCN(CCCOCCCN(CCCOCCCN(CCC(=O)O)CCC(=O)O)CCCOCCCN(CCC(=O)O)CCC(=O)O)CCC(=O)O. The topological polar surface area (TPSA) is 264 Å². The largest absolute Gasteiger partial charge is 0.481 e. The molecule has 19 heteroatoms. The lowest BCUT2D eigenvalue weighted by Gasteiger charge is -2.23. The normalized spacial score (nSPS) is 11.6. The van der Waals surface area contributed by atoms with Gasteiger partial charge in [-0.3, -0.25) is 28.8 Å². The van der Waals surface area contributed by atoms with Crippen LogP contribution in [0.2, 0.25) is 0 Å². The minimum absolute atomic E-state index is 0.0595. The van der Waals surface area contributed by atoms with Crippen LogP contribution in [-0.4, -0.2) is 204 Å². The van der Waals surface area contributed by atoms with Gasteiger partial charge in [-0.05, 0) is 38.5 Å². The Kier molecular flexibility index (Phi) is 32.8. The third kappa shape index (κ3) is 37.2. The van der Waals surface area contributed by atoms with Gasteiger partial charge < -0.3 is 64.4 Å². The number of aliphatic carboxylic acids is 6. The molecule has 0 heterocycles. The molecule has 0 bridgehead atoms. The molecular weight excluding hydrogens is 728 g/mol. The number of ether oxygens (including phenoxy) is 3. The van der Waals surface area contributed by atoms with Crippen molar-refractivity contribution in [1.82, 2.24) is 19.6 Å². The van der Waals surface area contributed by atoms with Crippen LogP contribution in [0.1, 0.15) is 77.0 Å². The minimum Gasteiger partial charge on any atom is -0.481 e. The van der Waals surface area contributed by atoms with Crippen molar-refractivity contribution in [1.29, 1.82) is 0 Å². The molecule has 0 radical (unpaired) electrons.